The topological polar surface area (TPSA) is 141 Å². The number of carbonyl (C=O) groups excluding carboxylic acids is 4. The maximum absolute atomic E-state index is 12.2. The van der Waals surface area contributed by atoms with Gasteiger partial charge < -0.3 is 10.6 Å². The Balaban J connectivity index is 1.46. The predicted molar refractivity (Wildman–Crippen MR) is 151 cm³/mol. The minimum atomic E-state index is -0.510. The number of benzene rings is 3. The summed E-state index contributed by atoms with van der Waals surface area (Å²) in [7, 11) is 0. The summed E-state index contributed by atoms with van der Waals surface area (Å²) in [5.41, 5.74) is 6.75. The Morgan fingerprint density at radius 3 is 1.37 bits per heavy atom. The van der Waals surface area contributed by atoms with Crippen molar-refractivity contribution < 1.29 is 19.2 Å². The fourth-order valence-electron chi connectivity index (χ4n) is 2.97. The summed E-state index contributed by atoms with van der Waals surface area (Å²) in [4.78, 5) is 48.5. The molecule has 0 spiro atoms. The SMILES string of the molecule is O=C(CNC(=O)c1ccccc1Br)N/N=C\c1ccccc1/C=N/NC(=O)CNC(=O)c1ccccc1Br. The van der Waals surface area contributed by atoms with Crippen LogP contribution in [0.1, 0.15) is 31.8 Å². The van der Waals surface area contributed by atoms with E-state index in [-0.39, 0.29) is 13.1 Å². The molecule has 0 aliphatic rings. The lowest BCUT2D eigenvalue weighted by molar-refractivity contribution is -0.120. The van der Waals surface area contributed by atoms with Gasteiger partial charge in [0.05, 0.1) is 36.6 Å². The highest BCUT2D eigenvalue weighted by Crippen LogP contribution is 2.16. The third-order valence-corrected chi connectivity index (χ3v) is 6.22. The second-order valence-electron chi connectivity index (χ2n) is 7.54. The van der Waals surface area contributed by atoms with E-state index in [0.717, 1.165) is 0 Å². The zero-order valence-corrected chi connectivity index (χ0v) is 23.0. The summed E-state index contributed by atoms with van der Waals surface area (Å²) in [6.45, 7) is -0.519. The molecule has 0 aliphatic heterocycles. The second-order valence-corrected chi connectivity index (χ2v) is 9.25. The molecule has 0 aromatic heterocycles. The van der Waals surface area contributed by atoms with Gasteiger partial charge in [0.25, 0.3) is 23.6 Å². The highest BCUT2D eigenvalue weighted by atomic mass is 79.9. The lowest BCUT2D eigenvalue weighted by Crippen LogP contribution is -2.35. The molecule has 3 rings (SSSR count). The normalized spacial score (nSPS) is 10.8. The Hall–Kier alpha value is -4.16. The molecule has 4 amide bonds. The van der Waals surface area contributed by atoms with E-state index >= 15 is 0 Å². The first-order valence-corrected chi connectivity index (χ1v) is 12.7. The number of rotatable bonds is 10. The Kier molecular flexibility index (Phi) is 10.9. The molecule has 0 fully saturated rings. The Morgan fingerprint density at radius 2 is 0.974 bits per heavy atom. The Labute approximate surface area is 235 Å². The van der Waals surface area contributed by atoms with Crippen LogP contribution in [0.5, 0.6) is 0 Å². The van der Waals surface area contributed by atoms with Crippen LogP contribution in [0.15, 0.2) is 91.9 Å². The first-order chi connectivity index (χ1) is 18.3. The highest BCUT2D eigenvalue weighted by Gasteiger charge is 2.11. The summed E-state index contributed by atoms with van der Waals surface area (Å²) in [5, 5.41) is 12.9. The van der Waals surface area contributed by atoms with Gasteiger partial charge in [0.15, 0.2) is 0 Å². The molecule has 0 saturated heterocycles. The zero-order valence-electron chi connectivity index (χ0n) is 19.8. The van der Waals surface area contributed by atoms with Gasteiger partial charge in [-0.15, -0.1) is 0 Å². The van der Waals surface area contributed by atoms with Crippen LogP contribution in [0, 0.1) is 0 Å². The van der Waals surface area contributed by atoms with Gasteiger partial charge in [0, 0.05) is 20.1 Å². The molecule has 194 valence electrons. The van der Waals surface area contributed by atoms with Gasteiger partial charge in [0.2, 0.25) is 0 Å². The summed E-state index contributed by atoms with van der Waals surface area (Å²) in [6, 6.07) is 20.8. The van der Waals surface area contributed by atoms with E-state index < -0.39 is 23.6 Å². The number of hydrogen-bond donors (Lipinski definition) is 4. The van der Waals surface area contributed by atoms with E-state index in [0.29, 0.717) is 31.2 Å². The van der Waals surface area contributed by atoms with Gasteiger partial charge in [0.1, 0.15) is 0 Å². The monoisotopic (exact) mass is 640 g/mol. The molecule has 0 unspecified atom stereocenters. The average Bonchev–Trinajstić information content (AvgIpc) is 2.91. The molecule has 3 aromatic rings. The van der Waals surface area contributed by atoms with Crippen molar-refractivity contribution in [3.63, 3.8) is 0 Å². The van der Waals surface area contributed by atoms with Gasteiger partial charge in [-0.25, -0.2) is 10.9 Å². The van der Waals surface area contributed by atoms with Crippen molar-refractivity contribution >= 4 is 67.9 Å². The minimum absolute atomic E-state index is 0.260. The maximum atomic E-state index is 12.2. The summed E-state index contributed by atoms with van der Waals surface area (Å²) < 4.78 is 1.24. The number of halogens is 2. The quantitative estimate of drug-likeness (QED) is 0.200. The smallest absolute Gasteiger partial charge is 0.259 e. The van der Waals surface area contributed by atoms with E-state index in [1.54, 1.807) is 72.8 Å². The molecule has 0 radical (unpaired) electrons. The van der Waals surface area contributed by atoms with Crippen molar-refractivity contribution in [2.45, 2.75) is 0 Å². The van der Waals surface area contributed by atoms with Crippen LogP contribution in [0.2, 0.25) is 0 Å². The standard InChI is InChI=1S/C26H22Br2N6O4/c27-21-11-5-3-9-19(21)25(37)29-15-23(35)33-31-13-17-7-1-2-8-18(17)14-32-34-24(36)16-30-26(38)20-10-4-6-12-22(20)28/h1-14H,15-16H2,(H,29,37)(H,30,38)(H,33,35)(H,34,36)/b31-13-,32-14+. The fourth-order valence-corrected chi connectivity index (χ4v) is 3.90. The summed E-state index contributed by atoms with van der Waals surface area (Å²) in [6.07, 6.45) is 2.82. The summed E-state index contributed by atoms with van der Waals surface area (Å²) in [5.74, 6) is -1.81. The van der Waals surface area contributed by atoms with E-state index in [1.165, 1.54) is 12.4 Å². The molecule has 0 saturated carbocycles. The molecular formula is C26H22Br2N6O4. The van der Waals surface area contributed by atoms with E-state index in [2.05, 4.69) is 63.5 Å². The van der Waals surface area contributed by atoms with Gasteiger partial charge >= 0.3 is 0 Å². The van der Waals surface area contributed by atoms with Crippen LogP contribution in [-0.4, -0.2) is 49.1 Å². The molecule has 0 bridgehead atoms. The third-order valence-electron chi connectivity index (χ3n) is 4.84. The van der Waals surface area contributed by atoms with E-state index in [1.807, 2.05) is 0 Å². The molecule has 10 nitrogen and oxygen atoms in total. The molecule has 0 aliphatic carbocycles. The fraction of sp³-hybridized carbons (Fsp3) is 0.0769. The number of carbonyl (C=O) groups is 4. The van der Waals surface area contributed by atoms with Gasteiger partial charge in [-0.2, -0.15) is 10.2 Å². The van der Waals surface area contributed by atoms with Crippen LogP contribution < -0.4 is 21.5 Å². The van der Waals surface area contributed by atoms with Crippen LogP contribution in [0.25, 0.3) is 0 Å². The third kappa shape index (κ3) is 8.75. The predicted octanol–water partition coefficient (Wildman–Crippen LogP) is 2.97. The van der Waals surface area contributed by atoms with Crippen molar-refractivity contribution in [3.8, 4) is 0 Å². The molecule has 12 heteroatoms. The molecular weight excluding hydrogens is 620 g/mol. The number of hydrogen-bond acceptors (Lipinski definition) is 6. The van der Waals surface area contributed by atoms with Gasteiger partial charge in [-0.05, 0) is 56.1 Å². The first-order valence-electron chi connectivity index (χ1n) is 11.1. The maximum Gasteiger partial charge on any atom is 0.259 e. The average molecular weight is 642 g/mol. The molecule has 4 N–H and O–H groups in total. The zero-order chi connectivity index (χ0) is 27.3. The lowest BCUT2D eigenvalue weighted by Gasteiger charge is -2.06. The molecule has 0 atom stereocenters. The minimum Gasteiger partial charge on any atom is -0.343 e. The summed E-state index contributed by atoms with van der Waals surface area (Å²) >= 11 is 6.58. The number of hydrazone groups is 2. The number of nitrogens with one attached hydrogen (secondary N) is 4. The Bertz CT molecular complexity index is 1290. The van der Waals surface area contributed by atoms with Crippen LogP contribution in [-0.2, 0) is 9.59 Å². The van der Waals surface area contributed by atoms with Crippen molar-refractivity contribution in [1.82, 2.24) is 21.5 Å². The van der Waals surface area contributed by atoms with Crippen molar-refractivity contribution in [3.05, 3.63) is 104 Å². The van der Waals surface area contributed by atoms with E-state index in [9.17, 15) is 19.2 Å². The van der Waals surface area contributed by atoms with Crippen molar-refractivity contribution in [1.29, 1.82) is 0 Å². The molecule has 38 heavy (non-hydrogen) atoms. The number of nitrogens with zero attached hydrogens (tertiary/aromatic N) is 2. The highest BCUT2D eigenvalue weighted by molar-refractivity contribution is 9.10. The van der Waals surface area contributed by atoms with Crippen molar-refractivity contribution in [2.75, 3.05) is 13.1 Å². The van der Waals surface area contributed by atoms with Gasteiger partial charge in [-0.1, -0.05) is 48.5 Å². The largest absolute Gasteiger partial charge is 0.343 e. The van der Waals surface area contributed by atoms with Crippen molar-refractivity contribution in [2.24, 2.45) is 10.2 Å². The second kappa shape index (κ2) is 14.5. The lowest BCUT2D eigenvalue weighted by atomic mass is 10.1. The Morgan fingerprint density at radius 1 is 0.605 bits per heavy atom. The van der Waals surface area contributed by atoms with Crippen LogP contribution in [0.4, 0.5) is 0 Å². The van der Waals surface area contributed by atoms with Crippen LogP contribution >= 0.6 is 31.9 Å². The molecule has 0 heterocycles. The molecule has 3 aromatic carbocycles. The number of amides is 4. The van der Waals surface area contributed by atoms with Gasteiger partial charge in [-0.3, -0.25) is 19.2 Å². The van der Waals surface area contributed by atoms with E-state index in [4.69, 9.17) is 0 Å². The first kappa shape index (κ1) is 28.4. The van der Waals surface area contributed by atoms with Crippen LogP contribution in [0.3, 0.4) is 0 Å².